The van der Waals surface area contributed by atoms with Gasteiger partial charge in [-0.25, -0.2) is 0 Å². The van der Waals surface area contributed by atoms with Crippen molar-refractivity contribution in [2.75, 3.05) is 0 Å². The fourth-order valence-electron chi connectivity index (χ4n) is 5.30. The van der Waals surface area contributed by atoms with Crippen molar-refractivity contribution in [1.29, 1.82) is 0 Å². The van der Waals surface area contributed by atoms with Crippen LogP contribution < -0.4 is 0 Å². The average molecular weight is 359 g/mol. The van der Waals surface area contributed by atoms with Crippen LogP contribution >= 0.6 is 0 Å². The summed E-state index contributed by atoms with van der Waals surface area (Å²) in [5, 5.41) is 0. The van der Waals surface area contributed by atoms with Gasteiger partial charge in [0.05, 0.1) is 0 Å². The van der Waals surface area contributed by atoms with Gasteiger partial charge in [-0.2, -0.15) is 0 Å². The third kappa shape index (κ3) is 4.21. The summed E-state index contributed by atoms with van der Waals surface area (Å²) in [5.74, 6) is 2.39. The van der Waals surface area contributed by atoms with Gasteiger partial charge in [-0.15, -0.1) is 6.58 Å². The van der Waals surface area contributed by atoms with Crippen LogP contribution in [0.4, 0.5) is 0 Å². The van der Waals surface area contributed by atoms with E-state index in [2.05, 4.69) is 62.0 Å². The molecule has 2 aliphatic carbocycles. The Morgan fingerprint density at radius 1 is 0.889 bits per heavy atom. The average Bonchev–Trinajstić information content (AvgIpc) is 2.74. The third-order valence-electron chi connectivity index (χ3n) is 7.05. The molecule has 0 aliphatic heterocycles. The van der Waals surface area contributed by atoms with E-state index in [0.29, 0.717) is 0 Å². The van der Waals surface area contributed by atoms with Crippen LogP contribution in [0.1, 0.15) is 74.5 Å². The summed E-state index contributed by atoms with van der Waals surface area (Å²) >= 11 is 0. The first-order valence-electron chi connectivity index (χ1n) is 11.1. The SMILES string of the molecule is C=CC1CCC(c2ccc(-c3ccc4c(c3)CCC(CCC)C4)cc2)CC1. The van der Waals surface area contributed by atoms with Crippen LogP contribution in [0, 0.1) is 11.8 Å². The molecule has 0 saturated heterocycles. The Labute approximate surface area is 165 Å². The maximum absolute atomic E-state index is 3.97. The molecule has 1 fully saturated rings. The van der Waals surface area contributed by atoms with E-state index in [4.69, 9.17) is 0 Å². The minimum Gasteiger partial charge on any atom is -0.103 e. The molecule has 0 heteroatoms. The Bertz CT molecular complexity index is 759. The fourth-order valence-corrected chi connectivity index (χ4v) is 5.30. The van der Waals surface area contributed by atoms with Gasteiger partial charge in [-0.3, -0.25) is 0 Å². The largest absolute Gasteiger partial charge is 0.103 e. The number of aryl methyl sites for hydroxylation is 1. The van der Waals surface area contributed by atoms with E-state index < -0.39 is 0 Å². The highest BCUT2D eigenvalue weighted by atomic mass is 14.3. The second kappa shape index (κ2) is 8.46. The number of hydrogen-bond donors (Lipinski definition) is 0. The summed E-state index contributed by atoms with van der Waals surface area (Å²) < 4.78 is 0. The fraction of sp³-hybridized carbons (Fsp3) is 0.481. The molecule has 0 bridgehead atoms. The van der Waals surface area contributed by atoms with E-state index in [1.807, 2.05) is 0 Å². The molecule has 0 heterocycles. The number of rotatable bonds is 5. The van der Waals surface area contributed by atoms with E-state index in [9.17, 15) is 0 Å². The molecular weight excluding hydrogens is 324 g/mol. The minimum atomic E-state index is 0.743. The summed E-state index contributed by atoms with van der Waals surface area (Å²) in [6.45, 7) is 6.28. The molecule has 2 aliphatic rings. The van der Waals surface area contributed by atoms with E-state index >= 15 is 0 Å². The Kier molecular flexibility index (Phi) is 5.81. The van der Waals surface area contributed by atoms with Gasteiger partial charge in [0, 0.05) is 0 Å². The molecule has 2 aromatic carbocycles. The van der Waals surface area contributed by atoms with Crippen molar-refractivity contribution >= 4 is 0 Å². The van der Waals surface area contributed by atoms with Gasteiger partial charge >= 0.3 is 0 Å². The number of allylic oxidation sites excluding steroid dienone is 1. The highest BCUT2D eigenvalue weighted by molar-refractivity contribution is 5.65. The van der Waals surface area contributed by atoms with Gasteiger partial charge < -0.3 is 0 Å². The van der Waals surface area contributed by atoms with Crippen molar-refractivity contribution in [2.24, 2.45) is 11.8 Å². The predicted octanol–water partition coefficient (Wildman–Crippen LogP) is 7.72. The van der Waals surface area contributed by atoms with Crippen molar-refractivity contribution in [3.05, 3.63) is 71.8 Å². The van der Waals surface area contributed by atoms with E-state index in [1.54, 1.807) is 11.1 Å². The molecule has 0 radical (unpaired) electrons. The standard InChI is InChI=1S/C27H34/c1-3-5-21-8-11-27-19-26(17-16-25(27)18-21)24-14-12-23(13-15-24)22-9-6-20(4-2)7-10-22/h4,12-17,19-22H,2-3,5-11,18H2,1H3. The zero-order chi connectivity index (χ0) is 18.6. The molecule has 2 aromatic rings. The predicted molar refractivity (Wildman–Crippen MR) is 117 cm³/mol. The summed E-state index contributed by atoms with van der Waals surface area (Å²) in [5.41, 5.74) is 7.48. The smallest absolute Gasteiger partial charge is 0.0162 e. The van der Waals surface area contributed by atoms with Crippen LogP contribution in [0.3, 0.4) is 0 Å². The Morgan fingerprint density at radius 3 is 2.33 bits per heavy atom. The van der Waals surface area contributed by atoms with E-state index in [1.165, 1.54) is 74.5 Å². The molecule has 0 nitrogen and oxygen atoms in total. The molecule has 0 spiro atoms. The van der Waals surface area contributed by atoms with E-state index in [-0.39, 0.29) is 0 Å². The summed E-state index contributed by atoms with van der Waals surface area (Å²) in [7, 11) is 0. The van der Waals surface area contributed by atoms with E-state index in [0.717, 1.165) is 17.8 Å². The summed E-state index contributed by atoms with van der Waals surface area (Å²) in [6.07, 6.45) is 14.0. The van der Waals surface area contributed by atoms with Crippen molar-refractivity contribution in [3.8, 4) is 11.1 Å². The molecule has 0 N–H and O–H groups in total. The van der Waals surface area contributed by atoms with Crippen LogP contribution in [0.2, 0.25) is 0 Å². The Hall–Kier alpha value is -1.82. The first-order chi connectivity index (χ1) is 13.3. The van der Waals surface area contributed by atoms with Crippen molar-refractivity contribution in [2.45, 2.75) is 70.6 Å². The van der Waals surface area contributed by atoms with Gasteiger partial charge in [0.2, 0.25) is 0 Å². The van der Waals surface area contributed by atoms with Gasteiger partial charge in [0.15, 0.2) is 0 Å². The van der Waals surface area contributed by atoms with Crippen molar-refractivity contribution in [3.63, 3.8) is 0 Å². The summed E-state index contributed by atoms with van der Waals surface area (Å²) in [4.78, 5) is 0. The second-order valence-electron chi connectivity index (χ2n) is 8.85. The molecule has 1 unspecified atom stereocenters. The van der Waals surface area contributed by atoms with Crippen molar-refractivity contribution in [1.82, 2.24) is 0 Å². The molecule has 0 amide bonds. The highest BCUT2D eigenvalue weighted by Crippen LogP contribution is 2.37. The van der Waals surface area contributed by atoms with Gasteiger partial charge in [0.1, 0.15) is 0 Å². The lowest BCUT2D eigenvalue weighted by Crippen LogP contribution is -2.14. The molecule has 142 valence electrons. The Balaban J connectivity index is 1.46. The number of fused-ring (bicyclic) bond motifs is 1. The van der Waals surface area contributed by atoms with Crippen LogP contribution in [0.5, 0.6) is 0 Å². The molecule has 4 rings (SSSR count). The Morgan fingerprint density at radius 2 is 1.63 bits per heavy atom. The molecule has 0 aromatic heterocycles. The topological polar surface area (TPSA) is 0 Å². The molecular formula is C27H34. The number of hydrogen-bond acceptors (Lipinski definition) is 0. The second-order valence-corrected chi connectivity index (χ2v) is 8.85. The first-order valence-corrected chi connectivity index (χ1v) is 11.1. The van der Waals surface area contributed by atoms with Crippen LogP contribution in [0.25, 0.3) is 11.1 Å². The monoisotopic (exact) mass is 358 g/mol. The van der Waals surface area contributed by atoms with Gasteiger partial charge in [-0.05, 0) is 90.5 Å². The molecule has 1 saturated carbocycles. The molecule has 27 heavy (non-hydrogen) atoms. The number of benzene rings is 2. The zero-order valence-corrected chi connectivity index (χ0v) is 16.9. The maximum Gasteiger partial charge on any atom is -0.0162 e. The lowest BCUT2D eigenvalue weighted by atomic mass is 9.78. The summed E-state index contributed by atoms with van der Waals surface area (Å²) in [6, 6.07) is 16.7. The van der Waals surface area contributed by atoms with Crippen LogP contribution in [-0.4, -0.2) is 0 Å². The quantitative estimate of drug-likeness (QED) is 0.480. The van der Waals surface area contributed by atoms with Crippen LogP contribution in [-0.2, 0) is 12.8 Å². The highest BCUT2D eigenvalue weighted by Gasteiger charge is 2.21. The normalized spacial score (nSPS) is 25.0. The lowest BCUT2D eigenvalue weighted by Gasteiger charge is -2.27. The molecule has 1 atom stereocenters. The third-order valence-corrected chi connectivity index (χ3v) is 7.05. The van der Waals surface area contributed by atoms with Crippen molar-refractivity contribution < 1.29 is 0 Å². The maximum atomic E-state index is 3.97. The van der Waals surface area contributed by atoms with Gasteiger partial charge in [0.25, 0.3) is 0 Å². The van der Waals surface area contributed by atoms with Crippen LogP contribution in [0.15, 0.2) is 55.1 Å². The zero-order valence-electron chi connectivity index (χ0n) is 16.9. The lowest BCUT2D eigenvalue weighted by molar-refractivity contribution is 0.376. The minimum absolute atomic E-state index is 0.743. The van der Waals surface area contributed by atoms with Gasteiger partial charge in [-0.1, -0.05) is 68.3 Å². The first kappa shape index (κ1) is 18.5.